The topological polar surface area (TPSA) is 55.5 Å². The predicted octanol–water partition coefficient (Wildman–Crippen LogP) is 5.82. The fourth-order valence-electron chi connectivity index (χ4n) is 6.90. The Hall–Kier alpha value is -2.70. The summed E-state index contributed by atoms with van der Waals surface area (Å²) < 4.78 is 27.0. The fourth-order valence-corrected chi connectivity index (χ4v) is 6.90. The van der Waals surface area contributed by atoms with Crippen LogP contribution in [-0.2, 0) is 12.1 Å². The maximum Gasteiger partial charge on any atom is 0.231 e. The average Bonchev–Trinajstić information content (AvgIpc) is 3.39. The first kappa shape index (κ1) is 23.7. The van der Waals surface area contributed by atoms with Gasteiger partial charge in [-0.2, -0.15) is 0 Å². The highest BCUT2D eigenvalue weighted by Gasteiger charge is 2.49. The third-order valence-corrected chi connectivity index (χ3v) is 8.92. The van der Waals surface area contributed by atoms with Crippen LogP contribution in [0.1, 0.15) is 62.2 Å². The van der Waals surface area contributed by atoms with Crippen LogP contribution in [0.25, 0.3) is 0 Å². The van der Waals surface area contributed by atoms with E-state index in [0.29, 0.717) is 11.8 Å². The van der Waals surface area contributed by atoms with Gasteiger partial charge in [0.05, 0.1) is 19.3 Å². The number of oxazole rings is 1. The molecule has 4 aliphatic rings. The van der Waals surface area contributed by atoms with Gasteiger partial charge in [-0.1, -0.05) is 49.6 Å². The van der Waals surface area contributed by atoms with Crippen molar-refractivity contribution in [3.63, 3.8) is 0 Å². The number of benzene rings is 2. The minimum absolute atomic E-state index is 0.103. The lowest BCUT2D eigenvalue weighted by molar-refractivity contribution is -0.958. The second-order valence-corrected chi connectivity index (χ2v) is 11.2. The molecule has 3 aliphatic heterocycles. The maximum atomic E-state index is 13.3. The van der Waals surface area contributed by atoms with E-state index in [4.69, 9.17) is 9.15 Å². The van der Waals surface area contributed by atoms with Gasteiger partial charge >= 0.3 is 0 Å². The van der Waals surface area contributed by atoms with Crippen molar-refractivity contribution in [2.24, 2.45) is 11.8 Å². The number of fused-ring (bicyclic) bond motifs is 3. The Morgan fingerprint density at radius 3 is 2.42 bits per heavy atom. The molecule has 190 valence electrons. The molecule has 1 aromatic heterocycles. The first-order valence-electron chi connectivity index (χ1n) is 13.5. The molecule has 6 heteroatoms. The summed E-state index contributed by atoms with van der Waals surface area (Å²) in [5.41, 5.74) is -0.341. The number of rotatable bonds is 7. The molecule has 7 rings (SSSR count). The molecule has 5 nitrogen and oxygen atoms in total. The maximum absolute atomic E-state index is 13.3. The lowest BCUT2D eigenvalue weighted by Gasteiger charge is -2.51. The highest BCUT2D eigenvalue weighted by atomic mass is 19.1. The summed E-state index contributed by atoms with van der Waals surface area (Å²) in [6, 6.07) is 16.3. The number of hydrogen-bond acceptors (Lipinski definition) is 4. The van der Waals surface area contributed by atoms with Crippen LogP contribution < -0.4 is 4.74 Å². The van der Waals surface area contributed by atoms with Gasteiger partial charge in [-0.3, -0.25) is 0 Å². The molecule has 2 bridgehead atoms. The van der Waals surface area contributed by atoms with Crippen LogP contribution in [0.4, 0.5) is 4.39 Å². The molecule has 3 aromatic rings. The molecule has 0 radical (unpaired) electrons. The van der Waals surface area contributed by atoms with E-state index in [-0.39, 0.29) is 17.8 Å². The van der Waals surface area contributed by atoms with Crippen LogP contribution in [0.15, 0.2) is 65.2 Å². The molecule has 2 aromatic carbocycles. The third-order valence-electron chi connectivity index (χ3n) is 8.92. The summed E-state index contributed by atoms with van der Waals surface area (Å²) in [7, 11) is 0. The molecule has 4 heterocycles. The molecule has 1 N–H and O–H groups in total. The zero-order valence-corrected chi connectivity index (χ0v) is 20.8. The molecule has 1 saturated carbocycles. The first-order valence-corrected chi connectivity index (χ1v) is 13.5. The summed E-state index contributed by atoms with van der Waals surface area (Å²) in [4.78, 5) is 4.69. The van der Waals surface area contributed by atoms with Crippen molar-refractivity contribution in [3.05, 3.63) is 83.8 Å². The molecule has 0 amide bonds. The smallest absolute Gasteiger partial charge is 0.231 e. The SMILES string of the molecule is O[C@](c1ccccc1)(c1ncc(C[N+]23CCC(CC2)[C@H](Oc2ccc(F)cc2)C3)o1)C1CCCCC1. The fraction of sp³-hybridized carbons (Fsp3) is 0.500. The van der Waals surface area contributed by atoms with Crippen LogP contribution in [0, 0.1) is 17.7 Å². The van der Waals surface area contributed by atoms with Gasteiger partial charge in [0.2, 0.25) is 5.89 Å². The number of piperidine rings is 3. The van der Waals surface area contributed by atoms with Crippen molar-refractivity contribution < 1.29 is 23.1 Å². The number of nitrogens with zero attached hydrogens (tertiary/aromatic N) is 2. The van der Waals surface area contributed by atoms with Crippen molar-refractivity contribution in [2.75, 3.05) is 19.6 Å². The molecule has 2 atom stereocenters. The number of aliphatic hydroxyl groups is 1. The summed E-state index contributed by atoms with van der Waals surface area (Å²) >= 11 is 0. The molecule has 4 fully saturated rings. The van der Waals surface area contributed by atoms with E-state index >= 15 is 0 Å². The quantitative estimate of drug-likeness (QED) is 0.423. The van der Waals surface area contributed by atoms with Crippen molar-refractivity contribution >= 4 is 0 Å². The Morgan fingerprint density at radius 1 is 0.972 bits per heavy atom. The van der Waals surface area contributed by atoms with E-state index in [2.05, 4.69) is 4.98 Å². The highest BCUT2D eigenvalue weighted by molar-refractivity contribution is 5.30. The Balaban J connectivity index is 1.23. The van der Waals surface area contributed by atoms with E-state index in [1.807, 2.05) is 36.5 Å². The monoisotopic (exact) mass is 491 g/mol. The van der Waals surface area contributed by atoms with Gasteiger partial charge in [0.25, 0.3) is 0 Å². The number of ether oxygens (including phenoxy) is 1. The number of aromatic nitrogens is 1. The largest absolute Gasteiger partial charge is 0.484 e. The summed E-state index contributed by atoms with van der Waals surface area (Å²) in [6.07, 6.45) is 9.61. The van der Waals surface area contributed by atoms with Crippen LogP contribution in [-0.4, -0.2) is 40.3 Å². The highest BCUT2D eigenvalue weighted by Crippen LogP contribution is 2.44. The van der Waals surface area contributed by atoms with Crippen molar-refractivity contribution in [1.29, 1.82) is 0 Å². The van der Waals surface area contributed by atoms with Crippen molar-refractivity contribution in [3.8, 4) is 5.75 Å². The van der Waals surface area contributed by atoms with Gasteiger partial charge in [0, 0.05) is 24.7 Å². The lowest BCUT2D eigenvalue weighted by atomic mass is 9.73. The molecular weight excluding hydrogens is 455 g/mol. The van der Waals surface area contributed by atoms with Crippen LogP contribution in [0.5, 0.6) is 5.75 Å². The molecule has 1 aliphatic carbocycles. The average molecular weight is 492 g/mol. The van der Waals surface area contributed by atoms with Crippen LogP contribution in [0.2, 0.25) is 0 Å². The molecule has 3 saturated heterocycles. The van der Waals surface area contributed by atoms with Crippen LogP contribution in [0.3, 0.4) is 0 Å². The summed E-state index contributed by atoms with van der Waals surface area (Å²) in [6.45, 7) is 3.84. The summed E-state index contributed by atoms with van der Waals surface area (Å²) in [5.74, 6) is 2.39. The van der Waals surface area contributed by atoms with Gasteiger partial charge in [0.1, 0.15) is 24.7 Å². The van der Waals surface area contributed by atoms with E-state index in [1.165, 1.54) is 18.6 Å². The lowest BCUT2D eigenvalue weighted by Crippen LogP contribution is -2.64. The zero-order chi connectivity index (χ0) is 24.6. The van der Waals surface area contributed by atoms with Crippen molar-refractivity contribution in [1.82, 2.24) is 4.98 Å². The molecule has 36 heavy (non-hydrogen) atoms. The second-order valence-electron chi connectivity index (χ2n) is 11.2. The number of halogens is 1. The molecule has 0 spiro atoms. The third kappa shape index (κ3) is 4.46. The molecular formula is C30H36FN2O3+. The van der Waals surface area contributed by atoms with E-state index in [1.54, 1.807) is 12.1 Å². The Labute approximate surface area is 212 Å². The number of hydrogen-bond donors (Lipinski definition) is 1. The minimum Gasteiger partial charge on any atom is -0.484 e. The zero-order valence-electron chi connectivity index (χ0n) is 20.8. The standard InChI is InChI=1S/C30H36FN2O3/c31-25-11-13-26(14-12-25)35-28-21-33(17-15-22(28)16-18-33)20-27-19-32-29(36-27)30(34,23-7-3-1-4-8-23)24-9-5-2-6-10-24/h1,3-4,7-8,11-14,19,22,24,28,34H,2,5-6,9-10,15-18,20-21H2/q+1/t22?,28-,30+,33?/m1/s1. The van der Waals surface area contributed by atoms with Gasteiger partial charge in [-0.05, 0) is 42.7 Å². The minimum atomic E-state index is -1.21. The van der Waals surface area contributed by atoms with E-state index < -0.39 is 5.60 Å². The summed E-state index contributed by atoms with van der Waals surface area (Å²) in [5, 5.41) is 12.1. The molecule has 0 unspecified atom stereocenters. The Kier molecular flexibility index (Phi) is 6.34. The van der Waals surface area contributed by atoms with Gasteiger partial charge in [-0.15, -0.1) is 0 Å². The van der Waals surface area contributed by atoms with Crippen LogP contribution >= 0.6 is 0 Å². The van der Waals surface area contributed by atoms with Gasteiger partial charge in [-0.25, -0.2) is 9.37 Å². The first-order chi connectivity index (χ1) is 17.5. The van der Waals surface area contributed by atoms with Gasteiger partial charge in [0.15, 0.2) is 17.5 Å². The predicted molar refractivity (Wildman–Crippen MR) is 135 cm³/mol. The Morgan fingerprint density at radius 2 is 1.69 bits per heavy atom. The van der Waals surface area contributed by atoms with E-state index in [0.717, 1.165) is 86.3 Å². The number of quaternary nitrogens is 1. The van der Waals surface area contributed by atoms with E-state index in [9.17, 15) is 9.50 Å². The van der Waals surface area contributed by atoms with Crippen molar-refractivity contribution in [2.45, 2.75) is 63.2 Å². The normalized spacial score (nSPS) is 28.1. The Bertz CT molecular complexity index is 1150. The van der Waals surface area contributed by atoms with Gasteiger partial charge < -0.3 is 18.7 Å². The second kappa shape index (κ2) is 9.64.